The molecule has 1 aliphatic carbocycles. The quantitative estimate of drug-likeness (QED) is 0.694. The number of likely N-dealkylation sites (tertiary alicyclic amines) is 1. The van der Waals surface area contributed by atoms with Gasteiger partial charge in [0.25, 0.3) is 0 Å². The maximum Gasteiger partial charge on any atom is 0.410 e. The first kappa shape index (κ1) is 22.0. The fraction of sp³-hybridized carbons (Fsp3) is 0.565. The number of hydrogen-bond acceptors (Lipinski definition) is 5. The second-order valence-electron chi connectivity index (χ2n) is 8.62. The summed E-state index contributed by atoms with van der Waals surface area (Å²) in [7, 11) is 1.48. The Kier molecular flexibility index (Phi) is 6.90. The molecule has 30 heavy (non-hydrogen) atoms. The van der Waals surface area contributed by atoms with Gasteiger partial charge in [-0.15, -0.1) is 0 Å². The zero-order chi connectivity index (χ0) is 21.8. The lowest BCUT2D eigenvalue weighted by molar-refractivity contribution is -0.129. The van der Waals surface area contributed by atoms with Crippen LogP contribution >= 0.6 is 0 Å². The van der Waals surface area contributed by atoms with Crippen LogP contribution in [0.1, 0.15) is 38.7 Å². The van der Waals surface area contributed by atoms with E-state index in [1.54, 1.807) is 17.0 Å². The molecule has 2 aliphatic rings. The highest BCUT2D eigenvalue weighted by Crippen LogP contribution is 2.35. The molecule has 1 aromatic rings. The van der Waals surface area contributed by atoms with Crippen molar-refractivity contribution in [3.63, 3.8) is 0 Å². The molecule has 0 bridgehead atoms. The van der Waals surface area contributed by atoms with Crippen molar-refractivity contribution in [2.45, 2.75) is 45.8 Å². The first-order chi connectivity index (χ1) is 14.3. The molecule has 0 aromatic heterocycles. The first-order valence-electron chi connectivity index (χ1n) is 10.5. The van der Waals surface area contributed by atoms with Crippen LogP contribution in [0.2, 0.25) is 0 Å². The summed E-state index contributed by atoms with van der Waals surface area (Å²) in [6, 6.07) is 4.95. The summed E-state index contributed by atoms with van der Waals surface area (Å²) < 4.78 is 10.9. The van der Waals surface area contributed by atoms with Crippen LogP contribution in [0.4, 0.5) is 4.79 Å². The Balaban J connectivity index is 1.45. The summed E-state index contributed by atoms with van der Waals surface area (Å²) in [5.74, 6) is 0.835. The zero-order valence-corrected chi connectivity index (χ0v) is 18.0. The number of methoxy groups -OCH3 is 1. The lowest BCUT2D eigenvalue weighted by atomic mass is 9.78. The Hall–Kier alpha value is -2.70. The van der Waals surface area contributed by atoms with Gasteiger partial charge in [-0.05, 0) is 49.8 Å². The van der Waals surface area contributed by atoms with E-state index in [2.05, 4.69) is 18.8 Å². The van der Waals surface area contributed by atoms with E-state index in [0.717, 1.165) is 30.4 Å². The molecule has 1 aliphatic heterocycles. The van der Waals surface area contributed by atoms with Gasteiger partial charge in [0.05, 0.1) is 13.0 Å². The summed E-state index contributed by atoms with van der Waals surface area (Å²) in [6.45, 7) is 9.30. The van der Waals surface area contributed by atoms with Crippen molar-refractivity contribution in [2.75, 3.05) is 20.2 Å². The Morgan fingerprint density at radius 2 is 2.03 bits per heavy atom. The lowest BCUT2D eigenvalue weighted by Crippen LogP contribution is -2.56. The minimum atomic E-state index is -0.340. The SMILES string of the molecule is C=C(C)[C@@H]1CC[C@@H](C)C[C@H]1OC(=O)N1CC(C(=O)NCc2ccc(O)c(OC)c2)C1. The molecule has 1 saturated carbocycles. The number of hydrogen-bond donors (Lipinski definition) is 2. The molecule has 3 atom stereocenters. The highest BCUT2D eigenvalue weighted by atomic mass is 16.6. The molecule has 1 saturated heterocycles. The first-order valence-corrected chi connectivity index (χ1v) is 10.5. The average molecular weight is 417 g/mol. The number of aromatic hydroxyl groups is 1. The molecule has 2 N–H and O–H groups in total. The molecule has 1 aromatic carbocycles. The number of nitrogens with one attached hydrogen (secondary N) is 1. The largest absolute Gasteiger partial charge is 0.504 e. The molecule has 0 spiro atoms. The van der Waals surface area contributed by atoms with Crippen LogP contribution in [0, 0.1) is 17.8 Å². The molecular formula is C23H32N2O5. The standard InChI is InChI=1S/C23H32N2O5/c1-14(2)18-7-5-15(3)9-20(18)30-23(28)25-12-17(13-25)22(27)24-11-16-6-8-19(26)21(10-16)29-4/h6,8,10,15,17-18,20,26H,1,5,7,9,11-13H2,2-4H3,(H,24,27)/t15-,18+,20-/m1/s1. The fourth-order valence-corrected chi connectivity index (χ4v) is 4.19. The van der Waals surface area contributed by atoms with Gasteiger partial charge in [0, 0.05) is 25.6 Å². The van der Waals surface area contributed by atoms with E-state index >= 15 is 0 Å². The number of carbonyl (C=O) groups excluding carboxylic acids is 2. The van der Waals surface area contributed by atoms with Crippen molar-refractivity contribution in [1.82, 2.24) is 10.2 Å². The van der Waals surface area contributed by atoms with Crippen molar-refractivity contribution >= 4 is 12.0 Å². The third-order valence-electron chi connectivity index (χ3n) is 6.16. The fourth-order valence-electron chi connectivity index (χ4n) is 4.19. The second-order valence-corrected chi connectivity index (χ2v) is 8.62. The van der Waals surface area contributed by atoms with Crippen LogP contribution in [0.15, 0.2) is 30.4 Å². The van der Waals surface area contributed by atoms with Gasteiger partial charge in [-0.3, -0.25) is 4.79 Å². The van der Waals surface area contributed by atoms with E-state index < -0.39 is 0 Å². The topological polar surface area (TPSA) is 88.1 Å². The molecule has 7 heteroatoms. The van der Waals surface area contributed by atoms with Gasteiger partial charge in [0.2, 0.25) is 5.91 Å². The maximum atomic E-state index is 12.5. The molecule has 2 amide bonds. The Labute approximate surface area is 178 Å². The molecule has 2 fully saturated rings. The Morgan fingerprint density at radius 1 is 1.30 bits per heavy atom. The molecule has 1 heterocycles. The maximum absolute atomic E-state index is 12.5. The molecular weight excluding hydrogens is 384 g/mol. The van der Waals surface area contributed by atoms with Gasteiger partial charge in [-0.2, -0.15) is 0 Å². The molecule has 0 unspecified atom stereocenters. The van der Waals surface area contributed by atoms with Gasteiger partial charge in [-0.25, -0.2) is 4.79 Å². The number of nitrogens with zero attached hydrogens (tertiary/aromatic N) is 1. The molecule has 3 rings (SSSR count). The summed E-state index contributed by atoms with van der Waals surface area (Å²) in [4.78, 5) is 26.5. The van der Waals surface area contributed by atoms with Crippen LogP contribution in [-0.4, -0.2) is 48.3 Å². The number of amides is 2. The van der Waals surface area contributed by atoms with Crippen LogP contribution in [0.5, 0.6) is 11.5 Å². The molecule has 7 nitrogen and oxygen atoms in total. The van der Waals surface area contributed by atoms with Crippen LogP contribution in [0.25, 0.3) is 0 Å². The van der Waals surface area contributed by atoms with E-state index in [1.807, 2.05) is 6.92 Å². The number of benzene rings is 1. The summed E-state index contributed by atoms with van der Waals surface area (Å²) in [5, 5.41) is 12.5. The molecule has 0 radical (unpaired) electrons. The predicted octanol–water partition coefficient (Wildman–Crippen LogP) is 3.47. The summed E-state index contributed by atoms with van der Waals surface area (Å²) in [5.41, 5.74) is 1.89. The Morgan fingerprint density at radius 3 is 2.70 bits per heavy atom. The summed E-state index contributed by atoms with van der Waals surface area (Å²) in [6.07, 6.45) is 2.52. The Bertz CT molecular complexity index is 803. The zero-order valence-electron chi connectivity index (χ0n) is 18.0. The minimum absolute atomic E-state index is 0.0574. The van der Waals surface area contributed by atoms with Gasteiger partial charge < -0.3 is 24.8 Å². The van der Waals surface area contributed by atoms with Crippen LogP contribution in [-0.2, 0) is 16.1 Å². The minimum Gasteiger partial charge on any atom is -0.504 e. The highest BCUT2D eigenvalue weighted by Gasteiger charge is 2.39. The lowest BCUT2D eigenvalue weighted by Gasteiger charge is -2.40. The number of phenols is 1. The van der Waals surface area contributed by atoms with Crippen molar-refractivity contribution in [1.29, 1.82) is 0 Å². The van der Waals surface area contributed by atoms with E-state index in [4.69, 9.17) is 9.47 Å². The van der Waals surface area contributed by atoms with Crippen LogP contribution in [0.3, 0.4) is 0 Å². The van der Waals surface area contributed by atoms with E-state index in [9.17, 15) is 14.7 Å². The normalized spacial score (nSPS) is 24.0. The number of phenolic OH excluding ortho intramolecular Hbond substituents is 1. The third-order valence-corrected chi connectivity index (χ3v) is 6.16. The summed E-state index contributed by atoms with van der Waals surface area (Å²) >= 11 is 0. The molecule has 164 valence electrons. The average Bonchev–Trinajstić information content (AvgIpc) is 2.66. The van der Waals surface area contributed by atoms with Crippen molar-refractivity contribution < 1.29 is 24.2 Å². The monoisotopic (exact) mass is 416 g/mol. The van der Waals surface area contributed by atoms with Crippen molar-refractivity contribution in [3.8, 4) is 11.5 Å². The second kappa shape index (κ2) is 9.41. The van der Waals surface area contributed by atoms with E-state index in [1.165, 1.54) is 13.2 Å². The highest BCUT2D eigenvalue weighted by molar-refractivity contribution is 5.82. The third kappa shape index (κ3) is 5.07. The van der Waals surface area contributed by atoms with Crippen LogP contribution < -0.4 is 10.1 Å². The van der Waals surface area contributed by atoms with Gasteiger partial charge in [0.15, 0.2) is 11.5 Å². The van der Waals surface area contributed by atoms with Crippen molar-refractivity contribution in [3.05, 3.63) is 35.9 Å². The van der Waals surface area contributed by atoms with Gasteiger partial charge in [0.1, 0.15) is 6.10 Å². The number of ether oxygens (including phenoxy) is 2. The van der Waals surface area contributed by atoms with Crippen molar-refractivity contribution in [2.24, 2.45) is 17.8 Å². The number of rotatable bonds is 6. The predicted molar refractivity (Wildman–Crippen MR) is 113 cm³/mol. The smallest absolute Gasteiger partial charge is 0.410 e. The van der Waals surface area contributed by atoms with Gasteiger partial charge in [-0.1, -0.05) is 25.1 Å². The van der Waals surface area contributed by atoms with E-state index in [0.29, 0.717) is 31.3 Å². The van der Waals surface area contributed by atoms with E-state index in [-0.39, 0.29) is 35.7 Å². The number of carbonyl (C=O) groups is 2. The van der Waals surface area contributed by atoms with Gasteiger partial charge >= 0.3 is 6.09 Å².